The number of rotatable bonds is 3. The van der Waals surface area contributed by atoms with Crippen LogP contribution >= 0.6 is 11.3 Å². The number of aromatic nitrogens is 3. The molecule has 3 aromatic rings. The molecule has 0 saturated carbocycles. The van der Waals surface area contributed by atoms with Crippen LogP contribution in [0.2, 0.25) is 0 Å². The fourth-order valence-electron chi connectivity index (χ4n) is 3.30. The van der Waals surface area contributed by atoms with Gasteiger partial charge in [0.05, 0.1) is 5.39 Å². The van der Waals surface area contributed by atoms with E-state index in [1.807, 2.05) is 0 Å². The Kier molecular flexibility index (Phi) is 3.95. The second-order valence-corrected chi connectivity index (χ2v) is 7.70. The average molecular weight is 357 g/mol. The van der Waals surface area contributed by atoms with Gasteiger partial charge in [0.2, 0.25) is 0 Å². The van der Waals surface area contributed by atoms with Crippen LogP contribution < -0.4 is 5.56 Å². The number of aryl methyl sites for hydroxylation is 1. The smallest absolute Gasteiger partial charge is 0.355 e. The van der Waals surface area contributed by atoms with E-state index in [4.69, 9.17) is 4.74 Å². The Bertz CT molecular complexity index is 987. The summed E-state index contributed by atoms with van der Waals surface area (Å²) in [6.07, 6.45) is 4.06. The second-order valence-electron chi connectivity index (χ2n) is 6.61. The van der Waals surface area contributed by atoms with Crippen molar-refractivity contribution in [1.29, 1.82) is 0 Å². The SMILES string of the molecule is C[C@H]1CCc2c(sc3nc([C@@H](C)OC(=O)c4ccc[nH]4)[nH]c(=O)c23)C1. The van der Waals surface area contributed by atoms with Gasteiger partial charge >= 0.3 is 5.97 Å². The topological polar surface area (TPSA) is 87.8 Å². The molecule has 1 aliphatic rings. The minimum atomic E-state index is -0.633. The van der Waals surface area contributed by atoms with Crippen LogP contribution in [0.3, 0.4) is 0 Å². The van der Waals surface area contributed by atoms with Crippen molar-refractivity contribution in [2.24, 2.45) is 5.92 Å². The van der Waals surface area contributed by atoms with E-state index in [1.54, 1.807) is 36.6 Å². The fourth-order valence-corrected chi connectivity index (χ4v) is 4.69. The Morgan fingerprint density at radius 2 is 2.32 bits per heavy atom. The molecule has 0 aliphatic heterocycles. The molecule has 3 heterocycles. The van der Waals surface area contributed by atoms with Crippen molar-refractivity contribution in [3.05, 3.63) is 50.6 Å². The monoisotopic (exact) mass is 357 g/mol. The fraction of sp³-hybridized carbons (Fsp3) is 0.389. The third-order valence-electron chi connectivity index (χ3n) is 4.67. The predicted molar refractivity (Wildman–Crippen MR) is 96.1 cm³/mol. The lowest BCUT2D eigenvalue weighted by Gasteiger charge is -2.17. The Morgan fingerprint density at radius 1 is 1.48 bits per heavy atom. The first kappa shape index (κ1) is 16.1. The summed E-state index contributed by atoms with van der Waals surface area (Å²) in [4.78, 5) is 36.8. The van der Waals surface area contributed by atoms with Gasteiger partial charge in [-0.15, -0.1) is 11.3 Å². The highest BCUT2D eigenvalue weighted by Crippen LogP contribution is 2.35. The average Bonchev–Trinajstić information content (AvgIpc) is 3.21. The molecule has 130 valence electrons. The Labute approximate surface area is 148 Å². The summed E-state index contributed by atoms with van der Waals surface area (Å²) in [7, 11) is 0. The first-order valence-corrected chi connectivity index (χ1v) is 9.23. The van der Waals surface area contributed by atoms with E-state index in [0.29, 0.717) is 22.8 Å². The van der Waals surface area contributed by atoms with Gasteiger partial charge in [-0.2, -0.15) is 0 Å². The molecule has 0 bridgehead atoms. The molecule has 4 rings (SSSR count). The zero-order chi connectivity index (χ0) is 17.6. The zero-order valence-corrected chi connectivity index (χ0v) is 14.9. The van der Waals surface area contributed by atoms with E-state index < -0.39 is 12.1 Å². The van der Waals surface area contributed by atoms with Gasteiger partial charge in [-0.25, -0.2) is 9.78 Å². The summed E-state index contributed by atoms with van der Waals surface area (Å²) in [5.74, 6) is 0.545. The van der Waals surface area contributed by atoms with Gasteiger partial charge in [0, 0.05) is 11.1 Å². The third-order valence-corrected chi connectivity index (χ3v) is 5.82. The first-order valence-electron chi connectivity index (χ1n) is 8.41. The lowest BCUT2D eigenvalue weighted by atomic mass is 9.89. The quantitative estimate of drug-likeness (QED) is 0.704. The molecule has 0 aromatic carbocycles. The standard InChI is InChI=1S/C18H19N3O3S/c1-9-5-6-11-13(8-9)25-17-14(11)16(22)20-15(21-17)10(2)24-18(23)12-4-3-7-19-12/h3-4,7,9-10,19H,5-6,8H2,1-2H3,(H,20,21,22)/t9-,10+/m0/s1. The van der Waals surface area contributed by atoms with Gasteiger partial charge in [-0.1, -0.05) is 6.92 Å². The Balaban J connectivity index is 1.67. The zero-order valence-electron chi connectivity index (χ0n) is 14.1. The molecule has 7 heteroatoms. The third kappa shape index (κ3) is 2.89. The van der Waals surface area contributed by atoms with E-state index in [0.717, 1.165) is 29.7 Å². The molecule has 0 radical (unpaired) electrons. The number of hydrogen-bond acceptors (Lipinski definition) is 5. The van der Waals surface area contributed by atoms with Crippen LogP contribution in [0.1, 0.15) is 53.1 Å². The first-order chi connectivity index (χ1) is 12.0. The molecule has 0 spiro atoms. The summed E-state index contributed by atoms with van der Waals surface area (Å²) in [5.41, 5.74) is 1.38. The number of ether oxygens (including phenoxy) is 1. The normalized spacial score (nSPS) is 18.1. The van der Waals surface area contributed by atoms with Crippen LogP contribution in [-0.4, -0.2) is 20.9 Å². The number of carbonyl (C=O) groups excluding carboxylic acids is 1. The lowest BCUT2D eigenvalue weighted by Crippen LogP contribution is -2.18. The van der Waals surface area contributed by atoms with Gasteiger partial charge in [0.25, 0.3) is 5.56 Å². The molecule has 6 nitrogen and oxygen atoms in total. The number of H-pyrrole nitrogens is 2. The highest BCUT2D eigenvalue weighted by molar-refractivity contribution is 7.18. The summed E-state index contributed by atoms with van der Waals surface area (Å²) < 4.78 is 5.41. The molecular formula is C18H19N3O3S. The summed E-state index contributed by atoms with van der Waals surface area (Å²) in [6.45, 7) is 3.94. The number of esters is 1. The van der Waals surface area contributed by atoms with Crippen molar-refractivity contribution < 1.29 is 9.53 Å². The van der Waals surface area contributed by atoms with Crippen molar-refractivity contribution in [3.63, 3.8) is 0 Å². The van der Waals surface area contributed by atoms with Gasteiger partial charge in [-0.05, 0) is 49.8 Å². The van der Waals surface area contributed by atoms with Crippen molar-refractivity contribution in [3.8, 4) is 0 Å². The largest absolute Gasteiger partial charge is 0.450 e. The maximum atomic E-state index is 12.6. The maximum absolute atomic E-state index is 12.6. The molecule has 25 heavy (non-hydrogen) atoms. The maximum Gasteiger partial charge on any atom is 0.355 e. The van der Waals surface area contributed by atoms with E-state index >= 15 is 0 Å². The number of nitrogens with one attached hydrogen (secondary N) is 2. The van der Waals surface area contributed by atoms with Crippen LogP contribution in [0.5, 0.6) is 0 Å². The molecule has 2 N–H and O–H groups in total. The molecule has 1 aliphatic carbocycles. The van der Waals surface area contributed by atoms with Gasteiger partial charge in [0.15, 0.2) is 11.9 Å². The number of nitrogens with zero attached hydrogens (tertiary/aromatic N) is 1. The predicted octanol–water partition coefficient (Wildman–Crippen LogP) is 3.36. The number of fused-ring (bicyclic) bond motifs is 3. The minimum absolute atomic E-state index is 0.144. The molecule has 0 unspecified atom stereocenters. The number of aromatic amines is 2. The number of hydrogen-bond donors (Lipinski definition) is 2. The summed E-state index contributed by atoms with van der Waals surface area (Å²) in [5, 5.41) is 0.707. The highest BCUT2D eigenvalue weighted by atomic mass is 32.1. The molecule has 0 amide bonds. The summed E-state index contributed by atoms with van der Waals surface area (Å²) >= 11 is 1.59. The van der Waals surface area contributed by atoms with E-state index in [1.165, 1.54) is 4.88 Å². The van der Waals surface area contributed by atoms with Crippen LogP contribution in [0.25, 0.3) is 10.2 Å². The number of carbonyl (C=O) groups is 1. The van der Waals surface area contributed by atoms with Gasteiger partial charge in [0.1, 0.15) is 10.5 Å². The minimum Gasteiger partial charge on any atom is -0.450 e. The van der Waals surface area contributed by atoms with Crippen LogP contribution in [0.15, 0.2) is 23.1 Å². The summed E-state index contributed by atoms with van der Waals surface area (Å²) in [6, 6.07) is 3.37. The molecular weight excluding hydrogens is 338 g/mol. The lowest BCUT2D eigenvalue weighted by molar-refractivity contribution is 0.0314. The molecule has 3 aromatic heterocycles. The van der Waals surface area contributed by atoms with Crippen molar-refractivity contribution in [2.45, 2.75) is 39.2 Å². The van der Waals surface area contributed by atoms with Crippen molar-refractivity contribution in [2.75, 3.05) is 0 Å². The highest BCUT2D eigenvalue weighted by Gasteiger charge is 2.24. The van der Waals surface area contributed by atoms with Crippen LogP contribution in [0.4, 0.5) is 0 Å². The van der Waals surface area contributed by atoms with E-state index in [-0.39, 0.29) is 5.56 Å². The van der Waals surface area contributed by atoms with Crippen LogP contribution in [-0.2, 0) is 17.6 Å². The molecule has 0 saturated heterocycles. The van der Waals surface area contributed by atoms with Crippen molar-refractivity contribution >= 4 is 27.5 Å². The van der Waals surface area contributed by atoms with E-state index in [9.17, 15) is 9.59 Å². The number of thiophene rings is 1. The second kappa shape index (κ2) is 6.15. The van der Waals surface area contributed by atoms with Gasteiger partial charge in [-0.3, -0.25) is 4.79 Å². The Hall–Kier alpha value is -2.41. The molecule has 0 fully saturated rings. The molecule has 2 atom stereocenters. The Morgan fingerprint density at radius 3 is 3.08 bits per heavy atom. The van der Waals surface area contributed by atoms with Gasteiger partial charge < -0.3 is 14.7 Å². The van der Waals surface area contributed by atoms with E-state index in [2.05, 4.69) is 21.9 Å². The van der Waals surface area contributed by atoms with Crippen LogP contribution in [0, 0.1) is 5.92 Å². The van der Waals surface area contributed by atoms with Crippen molar-refractivity contribution in [1.82, 2.24) is 15.0 Å².